The lowest BCUT2D eigenvalue weighted by Gasteiger charge is -2.27. The Balaban J connectivity index is 1.88. The number of amides is 1. The zero-order valence-corrected chi connectivity index (χ0v) is 13.4. The van der Waals surface area contributed by atoms with Gasteiger partial charge in [-0.2, -0.15) is 0 Å². The molecule has 0 bridgehead atoms. The van der Waals surface area contributed by atoms with Crippen molar-refractivity contribution in [2.24, 2.45) is 0 Å². The molecule has 0 spiro atoms. The van der Waals surface area contributed by atoms with Gasteiger partial charge in [-0.1, -0.05) is 6.92 Å². The molecule has 0 unspecified atom stereocenters. The van der Waals surface area contributed by atoms with E-state index in [-0.39, 0.29) is 5.91 Å². The summed E-state index contributed by atoms with van der Waals surface area (Å²) in [4.78, 5) is 18.4. The van der Waals surface area contributed by atoms with Crippen molar-refractivity contribution in [2.45, 2.75) is 39.0 Å². The van der Waals surface area contributed by atoms with Crippen LogP contribution in [0.1, 0.15) is 39.0 Å². The van der Waals surface area contributed by atoms with Crippen molar-refractivity contribution >= 4 is 28.3 Å². The molecule has 1 amide bonds. The number of fused-ring (bicyclic) bond motifs is 1. The molecule has 122 valence electrons. The fourth-order valence-corrected chi connectivity index (χ4v) is 3.00. The zero-order chi connectivity index (χ0) is 16.2. The molecule has 4 nitrogen and oxygen atoms in total. The molecule has 2 aromatic rings. The number of hydrogen-bond acceptors (Lipinski definition) is 3. The summed E-state index contributed by atoms with van der Waals surface area (Å²) in [6, 6.07) is 6.94. The SMILES string of the molecule is CCCC(=O)Nc1cc(F)c2nc(N3CCCCC3)ccc2c1. The van der Waals surface area contributed by atoms with E-state index in [0.29, 0.717) is 23.0 Å². The van der Waals surface area contributed by atoms with Gasteiger partial charge >= 0.3 is 0 Å². The Kier molecular flexibility index (Phi) is 4.74. The number of pyridine rings is 1. The van der Waals surface area contributed by atoms with Crippen LogP contribution in [-0.4, -0.2) is 24.0 Å². The lowest BCUT2D eigenvalue weighted by molar-refractivity contribution is -0.116. The van der Waals surface area contributed by atoms with Crippen molar-refractivity contribution in [1.82, 2.24) is 4.98 Å². The molecule has 1 fully saturated rings. The van der Waals surface area contributed by atoms with E-state index in [0.717, 1.165) is 38.2 Å². The highest BCUT2D eigenvalue weighted by Gasteiger charge is 2.14. The number of piperidine rings is 1. The van der Waals surface area contributed by atoms with Crippen LogP contribution in [0.5, 0.6) is 0 Å². The minimum Gasteiger partial charge on any atom is -0.357 e. The summed E-state index contributed by atoms with van der Waals surface area (Å²) in [7, 11) is 0. The summed E-state index contributed by atoms with van der Waals surface area (Å²) in [5, 5.41) is 3.44. The van der Waals surface area contributed by atoms with Crippen LogP contribution in [0.4, 0.5) is 15.9 Å². The lowest BCUT2D eigenvalue weighted by atomic mass is 10.1. The van der Waals surface area contributed by atoms with Crippen LogP contribution in [-0.2, 0) is 4.79 Å². The van der Waals surface area contributed by atoms with Gasteiger partial charge in [0.05, 0.1) is 0 Å². The molecule has 2 heterocycles. The van der Waals surface area contributed by atoms with Crippen LogP contribution in [0.3, 0.4) is 0 Å². The van der Waals surface area contributed by atoms with Crippen molar-refractivity contribution in [1.29, 1.82) is 0 Å². The second-order valence-corrected chi connectivity index (χ2v) is 6.05. The monoisotopic (exact) mass is 315 g/mol. The number of benzene rings is 1. The second kappa shape index (κ2) is 6.94. The molecular formula is C18H22FN3O. The van der Waals surface area contributed by atoms with Gasteiger partial charge in [-0.3, -0.25) is 4.79 Å². The third-order valence-corrected chi connectivity index (χ3v) is 4.17. The predicted octanol–water partition coefficient (Wildman–Crippen LogP) is 4.10. The largest absolute Gasteiger partial charge is 0.357 e. The maximum atomic E-state index is 14.4. The van der Waals surface area contributed by atoms with Gasteiger partial charge in [-0.15, -0.1) is 0 Å². The first-order valence-corrected chi connectivity index (χ1v) is 8.32. The summed E-state index contributed by atoms with van der Waals surface area (Å²) in [6.07, 6.45) is 4.77. The van der Waals surface area contributed by atoms with E-state index in [2.05, 4.69) is 15.2 Å². The van der Waals surface area contributed by atoms with Crippen molar-refractivity contribution < 1.29 is 9.18 Å². The van der Waals surface area contributed by atoms with Gasteiger partial charge in [-0.05, 0) is 49.9 Å². The van der Waals surface area contributed by atoms with E-state index >= 15 is 0 Å². The van der Waals surface area contributed by atoms with E-state index in [1.807, 2.05) is 19.1 Å². The first-order valence-electron chi connectivity index (χ1n) is 8.32. The first-order chi connectivity index (χ1) is 11.2. The highest BCUT2D eigenvalue weighted by atomic mass is 19.1. The quantitative estimate of drug-likeness (QED) is 0.924. The van der Waals surface area contributed by atoms with Crippen molar-refractivity contribution in [3.8, 4) is 0 Å². The molecule has 0 atom stereocenters. The van der Waals surface area contributed by atoms with Crippen molar-refractivity contribution in [2.75, 3.05) is 23.3 Å². The van der Waals surface area contributed by atoms with Gasteiger partial charge in [0, 0.05) is 30.6 Å². The molecule has 1 aromatic heterocycles. The molecule has 1 aromatic carbocycles. The summed E-state index contributed by atoms with van der Waals surface area (Å²) >= 11 is 0. The maximum Gasteiger partial charge on any atom is 0.224 e. The van der Waals surface area contributed by atoms with E-state index in [4.69, 9.17) is 0 Å². The van der Waals surface area contributed by atoms with Crippen LogP contribution >= 0.6 is 0 Å². The summed E-state index contributed by atoms with van der Waals surface area (Å²) < 4.78 is 14.4. The first kappa shape index (κ1) is 15.7. The molecule has 1 saturated heterocycles. The van der Waals surface area contributed by atoms with Gasteiger partial charge in [0.15, 0.2) is 5.82 Å². The standard InChI is InChI=1S/C18H22FN3O/c1-2-6-17(23)20-14-11-13-7-8-16(21-18(13)15(19)12-14)22-9-4-3-5-10-22/h7-8,11-12H,2-6,9-10H2,1H3,(H,20,23). The molecule has 0 saturated carbocycles. The average Bonchev–Trinajstić information content (AvgIpc) is 2.55. The fourth-order valence-electron chi connectivity index (χ4n) is 3.00. The Bertz CT molecular complexity index is 711. The summed E-state index contributed by atoms with van der Waals surface area (Å²) in [5.41, 5.74) is 0.850. The maximum absolute atomic E-state index is 14.4. The van der Waals surface area contributed by atoms with E-state index in [1.165, 1.54) is 12.5 Å². The highest BCUT2D eigenvalue weighted by molar-refractivity contribution is 5.94. The highest BCUT2D eigenvalue weighted by Crippen LogP contribution is 2.26. The number of carbonyl (C=O) groups excluding carboxylic acids is 1. The van der Waals surface area contributed by atoms with Gasteiger partial charge in [-0.25, -0.2) is 9.37 Å². The Morgan fingerprint density at radius 2 is 2.04 bits per heavy atom. The topological polar surface area (TPSA) is 45.2 Å². The fraction of sp³-hybridized carbons (Fsp3) is 0.444. The molecule has 1 aliphatic rings. The third kappa shape index (κ3) is 3.60. The lowest BCUT2D eigenvalue weighted by Crippen LogP contribution is -2.30. The van der Waals surface area contributed by atoms with Gasteiger partial charge in [0.25, 0.3) is 0 Å². The van der Waals surface area contributed by atoms with Crippen LogP contribution in [0.25, 0.3) is 10.9 Å². The van der Waals surface area contributed by atoms with Gasteiger partial charge in [0.2, 0.25) is 5.91 Å². The normalized spacial score (nSPS) is 15.0. The van der Waals surface area contributed by atoms with Crippen LogP contribution < -0.4 is 10.2 Å². The molecule has 1 aliphatic heterocycles. The number of hydrogen-bond donors (Lipinski definition) is 1. The minimum absolute atomic E-state index is 0.0934. The molecule has 0 radical (unpaired) electrons. The van der Waals surface area contributed by atoms with Crippen LogP contribution in [0.2, 0.25) is 0 Å². The molecule has 1 N–H and O–H groups in total. The number of rotatable bonds is 4. The minimum atomic E-state index is -0.395. The second-order valence-electron chi connectivity index (χ2n) is 6.05. The van der Waals surface area contributed by atoms with E-state index in [1.54, 1.807) is 6.07 Å². The molecule has 0 aliphatic carbocycles. The van der Waals surface area contributed by atoms with Crippen LogP contribution in [0.15, 0.2) is 24.3 Å². The molecule has 3 rings (SSSR count). The van der Waals surface area contributed by atoms with Gasteiger partial charge in [0.1, 0.15) is 11.3 Å². The van der Waals surface area contributed by atoms with E-state index in [9.17, 15) is 9.18 Å². The Labute approximate surface area is 135 Å². The number of nitrogens with one attached hydrogen (secondary N) is 1. The zero-order valence-electron chi connectivity index (χ0n) is 13.4. The van der Waals surface area contributed by atoms with E-state index < -0.39 is 5.82 Å². The third-order valence-electron chi connectivity index (χ3n) is 4.17. The number of aromatic nitrogens is 1. The average molecular weight is 315 g/mol. The molecule has 23 heavy (non-hydrogen) atoms. The smallest absolute Gasteiger partial charge is 0.224 e. The molecular weight excluding hydrogens is 293 g/mol. The number of anilines is 2. The Hall–Kier alpha value is -2.17. The predicted molar refractivity (Wildman–Crippen MR) is 91.3 cm³/mol. The number of halogens is 1. The summed E-state index contributed by atoms with van der Waals surface area (Å²) in [6.45, 7) is 3.89. The van der Waals surface area contributed by atoms with Crippen molar-refractivity contribution in [3.05, 3.63) is 30.1 Å². The van der Waals surface area contributed by atoms with Crippen LogP contribution in [0, 0.1) is 5.82 Å². The number of nitrogens with zero attached hydrogens (tertiary/aromatic N) is 2. The summed E-state index contributed by atoms with van der Waals surface area (Å²) in [5.74, 6) is 0.344. The van der Waals surface area contributed by atoms with Crippen molar-refractivity contribution in [3.63, 3.8) is 0 Å². The Morgan fingerprint density at radius 3 is 2.78 bits per heavy atom. The Morgan fingerprint density at radius 1 is 1.26 bits per heavy atom. The number of carbonyl (C=O) groups is 1. The molecule has 5 heteroatoms. The van der Waals surface area contributed by atoms with Gasteiger partial charge < -0.3 is 10.2 Å².